The molecule has 1 saturated heterocycles. The Morgan fingerprint density at radius 1 is 1.07 bits per heavy atom. The van der Waals surface area contributed by atoms with Crippen molar-refractivity contribution in [2.45, 2.75) is 32.6 Å². The summed E-state index contributed by atoms with van der Waals surface area (Å²) in [6.45, 7) is 9.76. The van der Waals surface area contributed by atoms with Crippen molar-refractivity contribution in [1.29, 1.82) is 0 Å². The largest absolute Gasteiger partial charge is 0.378 e. The van der Waals surface area contributed by atoms with Crippen LogP contribution in [0.15, 0.2) is 42.6 Å². The minimum atomic E-state index is -0.190. The van der Waals surface area contributed by atoms with Crippen molar-refractivity contribution in [2.75, 3.05) is 43.1 Å². The highest BCUT2D eigenvalue weighted by atomic mass is 16.5. The zero-order valence-corrected chi connectivity index (χ0v) is 17.9. The lowest BCUT2D eigenvalue weighted by molar-refractivity contribution is -0.116. The first-order valence-electron chi connectivity index (χ1n) is 10.3. The number of nitrogens with zero attached hydrogens (tertiary/aromatic N) is 2. The van der Waals surface area contributed by atoms with Crippen molar-refractivity contribution in [2.24, 2.45) is 0 Å². The van der Waals surface area contributed by atoms with Gasteiger partial charge in [-0.05, 0) is 35.2 Å². The second kappa shape index (κ2) is 9.71. The Bertz CT molecular complexity index is 852. The monoisotopic (exact) mass is 410 g/mol. The number of anilines is 2. The van der Waals surface area contributed by atoms with Crippen LogP contribution in [-0.2, 0) is 14.9 Å². The van der Waals surface area contributed by atoms with Crippen LogP contribution in [-0.4, -0.2) is 49.6 Å². The SMILES string of the molecule is CC(C)(C)c1ccc(C(=O)NCCC(=O)Nc2ccc(N3CCOCC3)cn2)cc1. The fraction of sp³-hybridized carbons (Fsp3) is 0.435. The van der Waals surface area contributed by atoms with E-state index in [1.807, 2.05) is 30.3 Å². The highest BCUT2D eigenvalue weighted by molar-refractivity contribution is 5.95. The van der Waals surface area contributed by atoms with Gasteiger partial charge in [0.05, 0.1) is 25.1 Å². The van der Waals surface area contributed by atoms with Crippen LogP contribution in [0.3, 0.4) is 0 Å². The van der Waals surface area contributed by atoms with Crippen molar-refractivity contribution < 1.29 is 14.3 Å². The van der Waals surface area contributed by atoms with Gasteiger partial charge in [0.25, 0.3) is 5.91 Å². The Kier molecular flexibility index (Phi) is 7.05. The fourth-order valence-electron chi connectivity index (χ4n) is 3.19. The summed E-state index contributed by atoms with van der Waals surface area (Å²) in [5.41, 5.74) is 2.82. The topological polar surface area (TPSA) is 83.6 Å². The number of amides is 2. The fourth-order valence-corrected chi connectivity index (χ4v) is 3.19. The average molecular weight is 411 g/mol. The lowest BCUT2D eigenvalue weighted by atomic mass is 9.87. The second-order valence-electron chi connectivity index (χ2n) is 8.38. The van der Waals surface area contributed by atoms with Crippen LogP contribution in [0.5, 0.6) is 0 Å². The Balaban J connectivity index is 1.42. The molecule has 30 heavy (non-hydrogen) atoms. The minimum absolute atomic E-state index is 0.0432. The predicted octanol–water partition coefficient (Wildman–Crippen LogP) is 2.97. The molecule has 1 aromatic heterocycles. The molecule has 0 saturated carbocycles. The Hall–Kier alpha value is -2.93. The van der Waals surface area contributed by atoms with E-state index in [-0.39, 0.29) is 30.2 Å². The molecule has 1 aliphatic rings. The third kappa shape index (κ3) is 6.03. The third-order valence-electron chi connectivity index (χ3n) is 5.04. The molecular formula is C23H30N4O3. The summed E-state index contributed by atoms with van der Waals surface area (Å²) in [6, 6.07) is 11.3. The van der Waals surface area contributed by atoms with Crippen molar-refractivity contribution in [3.8, 4) is 0 Å². The number of aromatic nitrogens is 1. The molecule has 1 aliphatic heterocycles. The van der Waals surface area contributed by atoms with Crippen molar-refractivity contribution >= 4 is 23.3 Å². The molecule has 2 aromatic rings. The molecular weight excluding hydrogens is 380 g/mol. The molecule has 1 aromatic carbocycles. The number of hydrogen-bond acceptors (Lipinski definition) is 5. The molecule has 0 bridgehead atoms. The number of morpholine rings is 1. The lowest BCUT2D eigenvalue weighted by Gasteiger charge is -2.28. The lowest BCUT2D eigenvalue weighted by Crippen LogP contribution is -2.36. The summed E-state index contributed by atoms with van der Waals surface area (Å²) in [6.07, 6.45) is 1.93. The maximum atomic E-state index is 12.3. The van der Waals surface area contributed by atoms with Crippen LogP contribution < -0.4 is 15.5 Å². The maximum Gasteiger partial charge on any atom is 0.251 e. The molecule has 2 heterocycles. The van der Waals surface area contributed by atoms with E-state index in [2.05, 4.69) is 41.3 Å². The predicted molar refractivity (Wildman–Crippen MR) is 118 cm³/mol. The average Bonchev–Trinajstić information content (AvgIpc) is 2.74. The van der Waals surface area contributed by atoms with E-state index in [0.29, 0.717) is 24.6 Å². The van der Waals surface area contributed by atoms with Crippen LogP contribution >= 0.6 is 0 Å². The van der Waals surface area contributed by atoms with Crippen LogP contribution in [0.1, 0.15) is 43.1 Å². The van der Waals surface area contributed by atoms with E-state index in [0.717, 1.165) is 18.8 Å². The first kappa shape index (κ1) is 21.8. The van der Waals surface area contributed by atoms with Gasteiger partial charge in [-0.3, -0.25) is 9.59 Å². The van der Waals surface area contributed by atoms with E-state index < -0.39 is 0 Å². The van der Waals surface area contributed by atoms with Gasteiger partial charge in [-0.1, -0.05) is 32.9 Å². The van der Waals surface area contributed by atoms with Gasteiger partial charge < -0.3 is 20.3 Å². The number of nitrogens with one attached hydrogen (secondary N) is 2. The van der Waals surface area contributed by atoms with Gasteiger partial charge >= 0.3 is 0 Å². The van der Waals surface area contributed by atoms with Crippen molar-refractivity contribution in [3.05, 3.63) is 53.7 Å². The molecule has 1 fully saturated rings. The number of hydrogen-bond donors (Lipinski definition) is 2. The Morgan fingerprint density at radius 3 is 2.37 bits per heavy atom. The zero-order valence-electron chi connectivity index (χ0n) is 17.9. The van der Waals surface area contributed by atoms with Gasteiger partial charge in [-0.25, -0.2) is 4.98 Å². The van der Waals surface area contributed by atoms with Crippen LogP contribution in [0.25, 0.3) is 0 Å². The second-order valence-corrected chi connectivity index (χ2v) is 8.38. The standard InChI is InChI=1S/C23H30N4O3/c1-23(2,3)18-6-4-17(5-7-18)22(29)24-11-10-21(28)26-20-9-8-19(16-25-20)27-12-14-30-15-13-27/h4-9,16H,10-15H2,1-3H3,(H,24,29)(H,25,26,28). The van der Waals surface area contributed by atoms with E-state index in [9.17, 15) is 9.59 Å². The number of carbonyl (C=O) groups is 2. The van der Waals surface area contributed by atoms with Crippen molar-refractivity contribution in [1.82, 2.24) is 10.3 Å². The van der Waals surface area contributed by atoms with Gasteiger partial charge in [-0.15, -0.1) is 0 Å². The Labute approximate surface area is 177 Å². The van der Waals surface area contributed by atoms with Gasteiger partial charge in [0.15, 0.2) is 0 Å². The van der Waals surface area contributed by atoms with Crippen LogP contribution in [0, 0.1) is 0 Å². The number of rotatable bonds is 6. The summed E-state index contributed by atoms with van der Waals surface area (Å²) in [5, 5.41) is 5.55. The first-order chi connectivity index (χ1) is 14.3. The van der Waals surface area contributed by atoms with Crippen LogP contribution in [0.4, 0.5) is 11.5 Å². The molecule has 3 rings (SSSR count). The molecule has 0 aliphatic carbocycles. The maximum absolute atomic E-state index is 12.3. The number of pyridine rings is 1. The van der Waals surface area contributed by atoms with Gasteiger partial charge in [0, 0.05) is 31.6 Å². The molecule has 0 radical (unpaired) electrons. The summed E-state index contributed by atoms with van der Waals surface area (Å²) in [5.74, 6) is 0.127. The van der Waals surface area contributed by atoms with E-state index in [4.69, 9.17) is 4.74 Å². The zero-order chi connectivity index (χ0) is 21.6. The number of ether oxygens (including phenoxy) is 1. The smallest absolute Gasteiger partial charge is 0.251 e. The van der Waals surface area contributed by atoms with Crippen LogP contribution in [0.2, 0.25) is 0 Å². The van der Waals surface area contributed by atoms with E-state index >= 15 is 0 Å². The quantitative estimate of drug-likeness (QED) is 0.765. The third-order valence-corrected chi connectivity index (χ3v) is 5.04. The molecule has 7 heteroatoms. The highest BCUT2D eigenvalue weighted by Crippen LogP contribution is 2.22. The first-order valence-corrected chi connectivity index (χ1v) is 10.3. The molecule has 7 nitrogen and oxygen atoms in total. The molecule has 0 spiro atoms. The molecule has 0 unspecified atom stereocenters. The highest BCUT2D eigenvalue weighted by Gasteiger charge is 2.15. The van der Waals surface area contributed by atoms with Gasteiger partial charge in [0.1, 0.15) is 5.82 Å². The number of carbonyl (C=O) groups excluding carboxylic acids is 2. The summed E-state index contributed by atoms with van der Waals surface area (Å²) in [7, 11) is 0. The Morgan fingerprint density at radius 2 is 1.77 bits per heavy atom. The van der Waals surface area contributed by atoms with Crippen molar-refractivity contribution in [3.63, 3.8) is 0 Å². The molecule has 160 valence electrons. The van der Waals surface area contributed by atoms with Gasteiger partial charge in [-0.2, -0.15) is 0 Å². The normalized spacial score (nSPS) is 14.3. The minimum Gasteiger partial charge on any atom is -0.378 e. The summed E-state index contributed by atoms with van der Waals surface area (Å²) < 4.78 is 5.35. The van der Waals surface area contributed by atoms with E-state index in [1.165, 1.54) is 5.56 Å². The molecule has 2 N–H and O–H groups in total. The van der Waals surface area contributed by atoms with E-state index in [1.54, 1.807) is 12.3 Å². The number of benzene rings is 1. The summed E-state index contributed by atoms with van der Waals surface area (Å²) >= 11 is 0. The van der Waals surface area contributed by atoms with Gasteiger partial charge in [0.2, 0.25) is 5.91 Å². The molecule has 0 atom stereocenters. The summed E-state index contributed by atoms with van der Waals surface area (Å²) in [4.78, 5) is 30.9. The molecule has 2 amide bonds.